The molecule has 8 nitrogen and oxygen atoms in total. The Morgan fingerprint density at radius 3 is 1.56 bits per heavy atom. The smallest absolute Gasteiger partial charge is 0.335 e. The van der Waals surface area contributed by atoms with Gasteiger partial charge in [-0.3, -0.25) is 4.79 Å². The van der Waals surface area contributed by atoms with Gasteiger partial charge in [0, 0.05) is 6.54 Å². The summed E-state index contributed by atoms with van der Waals surface area (Å²) in [5.41, 5.74) is 0. The molecule has 0 aliphatic carbocycles. The lowest BCUT2D eigenvalue weighted by Gasteiger charge is -2.23. The molecule has 0 spiro atoms. The molecular formula is C19H37NO7. The van der Waals surface area contributed by atoms with Crippen molar-refractivity contribution in [2.45, 2.75) is 102 Å². The zero-order chi connectivity index (χ0) is 20.7. The van der Waals surface area contributed by atoms with E-state index in [9.17, 15) is 24.9 Å². The number of hydrogen-bond donors (Lipinski definition) is 6. The number of nitrogens with one attached hydrogen (secondary N) is 1. The number of unbranched alkanes of at least 4 members (excludes halogenated alkanes) is 10. The van der Waals surface area contributed by atoms with Crippen molar-refractivity contribution in [1.29, 1.82) is 0 Å². The summed E-state index contributed by atoms with van der Waals surface area (Å²) in [4.78, 5) is 22.2. The quantitative estimate of drug-likeness (QED) is 0.202. The summed E-state index contributed by atoms with van der Waals surface area (Å²) < 4.78 is 0. The monoisotopic (exact) mass is 391 g/mol. The molecule has 6 N–H and O–H groups in total. The second kappa shape index (κ2) is 15.8. The SMILES string of the molecule is CCCCCCCCCCCCCNC(=O)C(O)C(O)C(O)C(O)C(=O)O. The maximum absolute atomic E-state index is 11.7. The summed E-state index contributed by atoms with van der Waals surface area (Å²) >= 11 is 0. The minimum absolute atomic E-state index is 0.317. The van der Waals surface area contributed by atoms with E-state index in [0.717, 1.165) is 25.7 Å². The Morgan fingerprint density at radius 2 is 1.11 bits per heavy atom. The number of carbonyl (C=O) groups excluding carboxylic acids is 1. The van der Waals surface area contributed by atoms with Crippen LogP contribution in [0.2, 0.25) is 0 Å². The van der Waals surface area contributed by atoms with E-state index in [4.69, 9.17) is 10.2 Å². The Morgan fingerprint density at radius 1 is 0.704 bits per heavy atom. The first kappa shape index (κ1) is 25.8. The molecule has 0 aromatic rings. The highest BCUT2D eigenvalue weighted by atomic mass is 16.4. The second-order valence-electron chi connectivity index (χ2n) is 7.04. The van der Waals surface area contributed by atoms with E-state index >= 15 is 0 Å². The molecule has 27 heavy (non-hydrogen) atoms. The van der Waals surface area contributed by atoms with Gasteiger partial charge in [0.15, 0.2) is 12.2 Å². The van der Waals surface area contributed by atoms with Gasteiger partial charge in [0.1, 0.15) is 12.2 Å². The van der Waals surface area contributed by atoms with E-state index in [2.05, 4.69) is 12.2 Å². The minimum Gasteiger partial charge on any atom is -0.479 e. The first-order chi connectivity index (χ1) is 12.8. The van der Waals surface area contributed by atoms with Gasteiger partial charge in [-0.05, 0) is 6.42 Å². The van der Waals surface area contributed by atoms with E-state index < -0.39 is 36.3 Å². The molecule has 1 amide bonds. The highest BCUT2D eigenvalue weighted by Gasteiger charge is 2.37. The van der Waals surface area contributed by atoms with Crippen LogP contribution in [-0.4, -0.2) is 68.4 Å². The van der Waals surface area contributed by atoms with Crippen molar-refractivity contribution in [1.82, 2.24) is 5.32 Å². The van der Waals surface area contributed by atoms with Gasteiger partial charge >= 0.3 is 5.97 Å². The summed E-state index contributed by atoms with van der Waals surface area (Å²) in [6.07, 6.45) is 4.32. The number of rotatable bonds is 17. The maximum atomic E-state index is 11.7. The highest BCUT2D eigenvalue weighted by molar-refractivity contribution is 5.81. The van der Waals surface area contributed by atoms with E-state index in [0.29, 0.717) is 6.54 Å². The molecule has 0 heterocycles. The van der Waals surface area contributed by atoms with E-state index in [1.165, 1.54) is 44.9 Å². The van der Waals surface area contributed by atoms with Gasteiger partial charge in [-0.15, -0.1) is 0 Å². The number of aliphatic hydroxyl groups excluding tert-OH is 4. The zero-order valence-corrected chi connectivity index (χ0v) is 16.3. The van der Waals surface area contributed by atoms with E-state index in [-0.39, 0.29) is 0 Å². The lowest BCUT2D eigenvalue weighted by molar-refractivity contribution is -0.166. The molecule has 0 aromatic carbocycles. The average Bonchev–Trinajstić information content (AvgIpc) is 2.66. The number of carboxylic acids is 1. The van der Waals surface area contributed by atoms with Gasteiger partial charge in [-0.2, -0.15) is 0 Å². The fourth-order valence-corrected chi connectivity index (χ4v) is 2.78. The normalized spacial score (nSPS) is 15.7. The summed E-state index contributed by atoms with van der Waals surface area (Å²) in [6, 6.07) is 0. The van der Waals surface area contributed by atoms with Crippen LogP contribution < -0.4 is 5.32 Å². The average molecular weight is 392 g/mol. The standard InChI is InChI=1S/C19H37NO7/c1-2-3-4-5-6-7-8-9-10-11-12-13-20-18(25)16(23)14(21)15(22)17(24)19(26)27/h14-17,21-24H,2-13H2,1H3,(H,20,25)(H,26,27). The zero-order valence-electron chi connectivity index (χ0n) is 16.3. The number of aliphatic carboxylic acids is 1. The first-order valence-electron chi connectivity index (χ1n) is 10.1. The van der Waals surface area contributed by atoms with E-state index in [1.807, 2.05) is 0 Å². The molecule has 0 radical (unpaired) electrons. The van der Waals surface area contributed by atoms with Crippen molar-refractivity contribution in [3.8, 4) is 0 Å². The molecule has 0 aliphatic heterocycles. The summed E-state index contributed by atoms with van der Waals surface area (Å²) in [6.45, 7) is 2.52. The largest absolute Gasteiger partial charge is 0.479 e. The molecular weight excluding hydrogens is 354 g/mol. The third kappa shape index (κ3) is 12.0. The Hall–Kier alpha value is -1.22. The predicted molar refractivity (Wildman–Crippen MR) is 101 cm³/mol. The molecule has 160 valence electrons. The van der Waals surface area contributed by atoms with Crippen molar-refractivity contribution >= 4 is 11.9 Å². The molecule has 0 saturated heterocycles. The van der Waals surface area contributed by atoms with Crippen LogP contribution in [0.1, 0.15) is 77.6 Å². The maximum Gasteiger partial charge on any atom is 0.335 e. The van der Waals surface area contributed by atoms with Crippen molar-refractivity contribution in [2.75, 3.05) is 6.54 Å². The lowest BCUT2D eigenvalue weighted by atomic mass is 10.0. The van der Waals surface area contributed by atoms with Crippen LogP contribution in [0.3, 0.4) is 0 Å². The fraction of sp³-hybridized carbons (Fsp3) is 0.895. The van der Waals surface area contributed by atoms with Crippen molar-refractivity contribution in [3.05, 3.63) is 0 Å². The molecule has 4 atom stereocenters. The number of carbonyl (C=O) groups is 2. The second-order valence-corrected chi connectivity index (χ2v) is 7.04. The number of amides is 1. The summed E-state index contributed by atoms with van der Waals surface area (Å²) in [7, 11) is 0. The molecule has 0 saturated carbocycles. The molecule has 0 bridgehead atoms. The van der Waals surface area contributed by atoms with Gasteiger partial charge in [0.25, 0.3) is 5.91 Å². The fourth-order valence-electron chi connectivity index (χ4n) is 2.78. The Bertz CT molecular complexity index is 406. The molecule has 0 aromatic heterocycles. The Labute approximate surface area is 161 Å². The first-order valence-corrected chi connectivity index (χ1v) is 10.1. The Balaban J connectivity index is 3.71. The number of carboxylic acid groups (broad SMARTS) is 1. The van der Waals surface area contributed by atoms with Gasteiger partial charge < -0.3 is 30.8 Å². The van der Waals surface area contributed by atoms with Crippen LogP contribution in [0.15, 0.2) is 0 Å². The van der Waals surface area contributed by atoms with Gasteiger partial charge in [0.2, 0.25) is 0 Å². The van der Waals surface area contributed by atoms with Crippen LogP contribution in [0.5, 0.6) is 0 Å². The van der Waals surface area contributed by atoms with Gasteiger partial charge in [-0.1, -0.05) is 71.1 Å². The minimum atomic E-state index is -2.28. The highest BCUT2D eigenvalue weighted by Crippen LogP contribution is 2.11. The third-order valence-corrected chi connectivity index (χ3v) is 4.60. The van der Waals surface area contributed by atoms with Crippen LogP contribution >= 0.6 is 0 Å². The van der Waals surface area contributed by atoms with Crippen molar-refractivity contribution in [3.63, 3.8) is 0 Å². The molecule has 4 unspecified atom stereocenters. The predicted octanol–water partition coefficient (Wildman–Crippen LogP) is 0.942. The molecule has 0 aliphatic rings. The third-order valence-electron chi connectivity index (χ3n) is 4.60. The van der Waals surface area contributed by atoms with Crippen LogP contribution in [0.4, 0.5) is 0 Å². The molecule has 0 rings (SSSR count). The van der Waals surface area contributed by atoms with Crippen LogP contribution in [0, 0.1) is 0 Å². The van der Waals surface area contributed by atoms with Crippen LogP contribution in [0.25, 0.3) is 0 Å². The topological polar surface area (TPSA) is 147 Å². The molecule has 0 fully saturated rings. The van der Waals surface area contributed by atoms with E-state index in [1.54, 1.807) is 0 Å². The summed E-state index contributed by atoms with van der Waals surface area (Å²) in [5.74, 6) is -2.67. The van der Waals surface area contributed by atoms with Crippen molar-refractivity contribution in [2.24, 2.45) is 0 Å². The number of aliphatic hydroxyl groups is 4. The molecule has 8 heteroatoms. The van der Waals surface area contributed by atoms with Crippen LogP contribution in [-0.2, 0) is 9.59 Å². The number of hydrogen-bond acceptors (Lipinski definition) is 6. The Kier molecular flexibility index (Phi) is 15.1. The van der Waals surface area contributed by atoms with Gasteiger partial charge in [-0.25, -0.2) is 4.79 Å². The van der Waals surface area contributed by atoms with Gasteiger partial charge in [0.05, 0.1) is 0 Å². The summed E-state index contributed by atoms with van der Waals surface area (Å²) in [5, 5.41) is 48.8. The van der Waals surface area contributed by atoms with Crippen molar-refractivity contribution < 1.29 is 35.1 Å². The lowest BCUT2D eigenvalue weighted by Crippen LogP contribution is -2.52.